The van der Waals surface area contributed by atoms with E-state index in [2.05, 4.69) is 5.32 Å². The van der Waals surface area contributed by atoms with Gasteiger partial charge in [0.15, 0.2) is 0 Å². The van der Waals surface area contributed by atoms with Gasteiger partial charge in [-0.2, -0.15) is 0 Å². The number of benzene rings is 2. The average molecular weight is 381 g/mol. The minimum Gasteiger partial charge on any atom is -0.352 e. The summed E-state index contributed by atoms with van der Waals surface area (Å²) >= 11 is 0. The normalized spacial score (nSPS) is 11.2. The highest BCUT2D eigenvalue weighted by molar-refractivity contribution is 5.80. The summed E-state index contributed by atoms with van der Waals surface area (Å²) in [5.41, 5.74) is 2.07. The lowest BCUT2D eigenvalue weighted by Gasteiger charge is -2.13. The molecule has 0 aliphatic heterocycles. The van der Waals surface area contributed by atoms with Gasteiger partial charge in [0.2, 0.25) is 5.91 Å². The molecule has 0 bridgehead atoms. The van der Waals surface area contributed by atoms with E-state index in [0.717, 1.165) is 5.56 Å². The zero-order valence-electron chi connectivity index (χ0n) is 14.9. The number of carbonyl (C=O) groups excluding carboxylic acids is 1. The fourth-order valence-electron chi connectivity index (χ4n) is 3.26. The number of aromatic nitrogens is 2. The molecule has 5 nitrogen and oxygen atoms in total. The monoisotopic (exact) mass is 381 g/mol. The van der Waals surface area contributed by atoms with Crippen molar-refractivity contribution in [2.75, 3.05) is 0 Å². The van der Waals surface area contributed by atoms with Crippen molar-refractivity contribution in [1.82, 2.24) is 14.3 Å². The highest BCUT2D eigenvalue weighted by Gasteiger charge is 2.12. The van der Waals surface area contributed by atoms with E-state index in [0.29, 0.717) is 16.6 Å². The third-order valence-corrected chi connectivity index (χ3v) is 4.67. The number of amides is 1. The van der Waals surface area contributed by atoms with Crippen LogP contribution in [0, 0.1) is 11.6 Å². The van der Waals surface area contributed by atoms with Gasteiger partial charge in [-0.05, 0) is 48.0 Å². The van der Waals surface area contributed by atoms with E-state index < -0.39 is 5.82 Å². The summed E-state index contributed by atoms with van der Waals surface area (Å²) in [5, 5.41) is 2.74. The number of nitrogens with zero attached hydrogens (tertiary/aromatic N) is 2. The molecule has 0 atom stereocenters. The van der Waals surface area contributed by atoms with Crippen LogP contribution in [0.3, 0.4) is 0 Å². The van der Waals surface area contributed by atoms with Crippen molar-refractivity contribution in [2.45, 2.75) is 19.5 Å². The summed E-state index contributed by atoms with van der Waals surface area (Å²) in [6, 6.07) is 13.5. The maximum atomic E-state index is 13.8. The molecule has 0 aliphatic carbocycles. The maximum absolute atomic E-state index is 13.8. The molecule has 0 spiro atoms. The van der Waals surface area contributed by atoms with Crippen LogP contribution in [0.4, 0.5) is 8.78 Å². The zero-order chi connectivity index (χ0) is 19.7. The Kier molecular flexibility index (Phi) is 4.65. The fourth-order valence-corrected chi connectivity index (χ4v) is 3.26. The molecule has 2 heterocycles. The first-order valence-corrected chi connectivity index (χ1v) is 8.83. The molecule has 7 heteroatoms. The summed E-state index contributed by atoms with van der Waals surface area (Å²) in [6.07, 6.45) is 1.81. The van der Waals surface area contributed by atoms with E-state index in [4.69, 9.17) is 0 Å². The summed E-state index contributed by atoms with van der Waals surface area (Å²) in [7, 11) is 0. The molecule has 1 N–H and O–H groups in total. The van der Waals surface area contributed by atoms with Crippen molar-refractivity contribution in [3.8, 4) is 0 Å². The van der Waals surface area contributed by atoms with Crippen LogP contribution in [0.5, 0.6) is 0 Å². The number of rotatable bonds is 5. The molecule has 4 aromatic rings. The predicted molar refractivity (Wildman–Crippen MR) is 102 cm³/mol. The van der Waals surface area contributed by atoms with Crippen molar-refractivity contribution in [3.05, 3.63) is 88.3 Å². The van der Waals surface area contributed by atoms with Crippen LogP contribution < -0.4 is 10.9 Å². The number of halogens is 2. The second-order valence-corrected chi connectivity index (χ2v) is 6.51. The molecular formula is C21H17F2N3O2. The highest BCUT2D eigenvalue weighted by Crippen LogP contribution is 2.17. The van der Waals surface area contributed by atoms with Gasteiger partial charge in [-0.3, -0.25) is 9.59 Å². The Balaban J connectivity index is 1.56. The van der Waals surface area contributed by atoms with Gasteiger partial charge in [-0.25, -0.2) is 8.78 Å². The SMILES string of the molecule is O=C(CCn1c(=O)c2cccn2c2ccc(F)cc21)NCc1ccc(F)cc1. The number of hydrogen-bond acceptors (Lipinski definition) is 2. The second-order valence-electron chi connectivity index (χ2n) is 6.51. The van der Waals surface area contributed by atoms with Crippen molar-refractivity contribution < 1.29 is 13.6 Å². The summed E-state index contributed by atoms with van der Waals surface area (Å²) in [4.78, 5) is 25.0. The van der Waals surface area contributed by atoms with Crippen LogP contribution in [0.25, 0.3) is 16.6 Å². The molecule has 28 heavy (non-hydrogen) atoms. The minimum atomic E-state index is -0.451. The lowest BCUT2D eigenvalue weighted by Crippen LogP contribution is -2.28. The van der Waals surface area contributed by atoms with Gasteiger partial charge in [0.25, 0.3) is 5.56 Å². The molecule has 142 valence electrons. The number of carbonyl (C=O) groups is 1. The smallest absolute Gasteiger partial charge is 0.275 e. The summed E-state index contributed by atoms with van der Waals surface area (Å²) < 4.78 is 29.8. The molecule has 4 rings (SSSR count). The molecule has 0 aliphatic rings. The first-order valence-electron chi connectivity index (χ1n) is 8.83. The van der Waals surface area contributed by atoms with Gasteiger partial charge >= 0.3 is 0 Å². The van der Waals surface area contributed by atoms with Crippen LogP contribution in [0.15, 0.2) is 65.6 Å². The maximum Gasteiger partial charge on any atom is 0.275 e. The van der Waals surface area contributed by atoms with Crippen LogP contribution in [0.2, 0.25) is 0 Å². The van der Waals surface area contributed by atoms with Crippen LogP contribution >= 0.6 is 0 Å². The van der Waals surface area contributed by atoms with Gasteiger partial charge in [-0.1, -0.05) is 12.1 Å². The van der Waals surface area contributed by atoms with E-state index in [9.17, 15) is 18.4 Å². The predicted octanol–water partition coefficient (Wildman–Crippen LogP) is 3.24. The van der Waals surface area contributed by atoms with Crippen molar-refractivity contribution in [1.29, 1.82) is 0 Å². The largest absolute Gasteiger partial charge is 0.352 e. The molecule has 0 saturated carbocycles. The van der Waals surface area contributed by atoms with Gasteiger partial charge in [0.1, 0.15) is 17.2 Å². The second kappa shape index (κ2) is 7.26. The fraction of sp³-hybridized carbons (Fsp3) is 0.143. The third-order valence-electron chi connectivity index (χ3n) is 4.67. The Morgan fingerprint density at radius 2 is 1.68 bits per heavy atom. The van der Waals surface area contributed by atoms with E-state index >= 15 is 0 Å². The molecular weight excluding hydrogens is 364 g/mol. The Labute approximate surface area is 158 Å². The molecule has 0 fully saturated rings. The standard InChI is InChI=1S/C21H17F2N3O2/c22-15-5-3-14(4-6-15)13-24-20(27)9-11-26-19-12-16(23)7-8-17(19)25-10-1-2-18(25)21(26)28/h1-8,10,12H,9,11,13H2,(H,24,27). The van der Waals surface area contributed by atoms with Crippen LogP contribution in [-0.4, -0.2) is 14.9 Å². The molecule has 2 aromatic carbocycles. The Hall–Kier alpha value is -3.48. The van der Waals surface area contributed by atoms with E-state index in [1.807, 2.05) is 0 Å². The quantitative estimate of drug-likeness (QED) is 0.577. The highest BCUT2D eigenvalue weighted by atomic mass is 19.1. The number of fused-ring (bicyclic) bond motifs is 3. The minimum absolute atomic E-state index is 0.0591. The van der Waals surface area contributed by atoms with Gasteiger partial charge in [0, 0.05) is 25.7 Å². The lowest BCUT2D eigenvalue weighted by molar-refractivity contribution is -0.121. The van der Waals surface area contributed by atoms with E-state index in [1.165, 1.54) is 28.8 Å². The van der Waals surface area contributed by atoms with E-state index in [1.54, 1.807) is 40.9 Å². The average Bonchev–Trinajstić information content (AvgIpc) is 3.17. The summed E-state index contributed by atoms with van der Waals surface area (Å²) in [6.45, 7) is 0.386. The first-order chi connectivity index (χ1) is 13.5. The molecule has 0 saturated heterocycles. The zero-order valence-corrected chi connectivity index (χ0v) is 14.9. The van der Waals surface area contributed by atoms with Crippen molar-refractivity contribution >= 4 is 22.5 Å². The van der Waals surface area contributed by atoms with Crippen LogP contribution in [0.1, 0.15) is 12.0 Å². The number of nitrogens with one attached hydrogen (secondary N) is 1. The summed E-state index contributed by atoms with van der Waals surface area (Å²) in [5.74, 6) is -1.04. The first kappa shape index (κ1) is 17.9. The van der Waals surface area contributed by atoms with Gasteiger partial charge in [0.05, 0.1) is 11.0 Å². The van der Waals surface area contributed by atoms with E-state index in [-0.39, 0.29) is 36.8 Å². The third kappa shape index (κ3) is 3.38. The Bertz CT molecular complexity index is 1230. The van der Waals surface area contributed by atoms with Gasteiger partial charge < -0.3 is 14.3 Å². The Morgan fingerprint density at radius 3 is 2.46 bits per heavy atom. The molecule has 0 radical (unpaired) electrons. The Morgan fingerprint density at radius 1 is 0.929 bits per heavy atom. The van der Waals surface area contributed by atoms with Crippen molar-refractivity contribution in [3.63, 3.8) is 0 Å². The molecule has 1 amide bonds. The topological polar surface area (TPSA) is 55.5 Å². The molecule has 2 aromatic heterocycles. The van der Waals surface area contributed by atoms with Gasteiger partial charge in [-0.15, -0.1) is 0 Å². The lowest BCUT2D eigenvalue weighted by atomic mass is 10.2. The number of aryl methyl sites for hydroxylation is 1. The number of hydrogen-bond donors (Lipinski definition) is 1. The van der Waals surface area contributed by atoms with Crippen LogP contribution in [-0.2, 0) is 17.9 Å². The van der Waals surface area contributed by atoms with Crippen molar-refractivity contribution in [2.24, 2.45) is 0 Å². The molecule has 0 unspecified atom stereocenters.